The van der Waals surface area contributed by atoms with E-state index in [0.29, 0.717) is 12.8 Å². The number of allylic oxidation sites excluding steroid dienone is 1. The topological polar surface area (TPSA) is 107 Å². The fourth-order valence-corrected chi connectivity index (χ4v) is 5.96. The summed E-state index contributed by atoms with van der Waals surface area (Å²) in [4.78, 5) is 11.9. The maximum atomic E-state index is 11.9. The number of fused-ring (bicyclic) bond motifs is 1. The van der Waals surface area contributed by atoms with Gasteiger partial charge < -0.3 is 25.2 Å². The van der Waals surface area contributed by atoms with Gasteiger partial charge in [-0.3, -0.25) is 4.79 Å². The van der Waals surface area contributed by atoms with Gasteiger partial charge in [0.1, 0.15) is 18.6 Å². The molecule has 3 aliphatic rings. The van der Waals surface area contributed by atoms with Gasteiger partial charge in [-0.05, 0) is 49.4 Å². The van der Waals surface area contributed by atoms with E-state index in [9.17, 15) is 25.2 Å². The zero-order chi connectivity index (χ0) is 19.3. The lowest BCUT2D eigenvalue weighted by Crippen LogP contribution is -2.58. The Kier molecular flexibility index (Phi) is 5.25. The van der Waals surface area contributed by atoms with Crippen LogP contribution in [0.5, 0.6) is 0 Å². The molecule has 6 heteroatoms. The molecule has 0 amide bonds. The summed E-state index contributed by atoms with van der Waals surface area (Å²) in [7, 11) is 0. The van der Waals surface area contributed by atoms with Crippen molar-refractivity contribution >= 4 is 5.97 Å². The number of esters is 1. The highest BCUT2D eigenvalue weighted by Crippen LogP contribution is 2.61. The zero-order valence-corrected chi connectivity index (χ0v) is 15.7. The highest BCUT2D eigenvalue weighted by molar-refractivity contribution is 5.75. The van der Waals surface area contributed by atoms with Crippen LogP contribution in [0, 0.1) is 28.6 Å². The van der Waals surface area contributed by atoms with Crippen molar-refractivity contribution in [2.45, 2.75) is 64.3 Å². The average molecular weight is 368 g/mol. The molecule has 6 nitrogen and oxygen atoms in total. The van der Waals surface area contributed by atoms with Crippen LogP contribution in [0.25, 0.3) is 0 Å². The molecule has 0 unspecified atom stereocenters. The number of ether oxygens (including phenoxy) is 1. The molecule has 0 aromatic heterocycles. The first-order chi connectivity index (χ1) is 12.1. The summed E-state index contributed by atoms with van der Waals surface area (Å²) in [6.45, 7) is 8.18. The Labute approximate surface area is 154 Å². The van der Waals surface area contributed by atoms with Crippen molar-refractivity contribution in [1.29, 1.82) is 0 Å². The van der Waals surface area contributed by atoms with Gasteiger partial charge in [-0.2, -0.15) is 0 Å². The Hall–Kier alpha value is -0.950. The molecule has 3 fully saturated rings. The zero-order valence-electron chi connectivity index (χ0n) is 15.7. The first-order valence-corrected chi connectivity index (χ1v) is 9.64. The molecule has 148 valence electrons. The Balaban J connectivity index is 1.86. The van der Waals surface area contributed by atoms with Crippen LogP contribution in [0.2, 0.25) is 0 Å². The molecule has 0 bridgehead atoms. The molecule has 8 atom stereocenters. The van der Waals surface area contributed by atoms with Gasteiger partial charge in [-0.15, -0.1) is 0 Å². The molecule has 1 saturated heterocycles. The van der Waals surface area contributed by atoms with Crippen LogP contribution in [0.3, 0.4) is 0 Å². The Morgan fingerprint density at radius 1 is 1.31 bits per heavy atom. The van der Waals surface area contributed by atoms with Gasteiger partial charge in [0.15, 0.2) is 0 Å². The molecule has 3 rings (SSSR count). The average Bonchev–Trinajstić information content (AvgIpc) is 2.93. The number of aliphatic hydroxyl groups is 4. The molecule has 1 heterocycles. The number of cyclic esters (lactones) is 1. The van der Waals surface area contributed by atoms with E-state index in [2.05, 4.69) is 13.5 Å². The van der Waals surface area contributed by atoms with Gasteiger partial charge in [-0.25, -0.2) is 0 Å². The van der Waals surface area contributed by atoms with E-state index < -0.39 is 35.6 Å². The largest absolute Gasteiger partial charge is 0.463 e. The van der Waals surface area contributed by atoms with E-state index >= 15 is 0 Å². The van der Waals surface area contributed by atoms with E-state index in [1.807, 2.05) is 6.92 Å². The van der Waals surface area contributed by atoms with Crippen molar-refractivity contribution < 1.29 is 30.0 Å². The second-order valence-corrected chi connectivity index (χ2v) is 9.05. The van der Waals surface area contributed by atoms with Gasteiger partial charge in [0.25, 0.3) is 0 Å². The molecule has 2 aliphatic carbocycles. The summed E-state index contributed by atoms with van der Waals surface area (Å²) in [5, 5.41) is 41.2. The van der Waals surface area contributed by atoms with Crippen molar-refractivity contribution in [3.05, 3.63) is 12.2 Å². The summed E-state index contributed by atoms with van der Waals surface area (Å²) in [5.41, 5.74) is 0.240. The Morgan fingerprint density at radius 3 is 2.58 bits per heavy atom. The van der Waals surface area contributed by atoms with E-state index in [0.717, 1.165) is 24.8 Å². The van der Waals surface area contributed by atoms with Crippen molar-refractivity contribution in [2.24, 2.45) is 28.6 Å². The molecular formula is C20H32O6. The lowest BCUT2D eigenvalue weighted by molar-refractivity contribution is -0.158. The molecule has 4 N–H and O–H groups in total. The van der Waals surface area contributed by atoms with E-state index in [4.69, 9.17) is 4.74 Å². The van der Waals surface area contributed by atoms with Gasteiger partial charge in [0, 0.05) is 5.41 Å². The normalized spacial score (nSPS) is 47.4. The molecule has 0 aromatic carbocycles. The third-order valence-electron chi connectivity index (χ3n) is 7.67. The summed E-state index contributed by atoms with van der Waals surface area (Å²) < 4.78 is 4.87. The van der Waals surface area contributed by atoms with Gasteiger partial charge >= 0.3 is 5.97 Å². The number of hydrogen-bond donors (Lipinski definition) is 4. The standard InChI is InChI=1S/C20H32O6/c1-11-4-5-15-19(2,7-6-16(24)20(15,3)10-21)12(11)8-13(22)17-14(23)9-26-18(17)25/h12-17,21-24H,1,4-10H2,2-3H3/t12-,13+,14-,15+,16-,17-,19+,20+/m1/s1. The predicted molar refractivity (Wildman–Crippen MR) is 95.0 cm³/mol. The minimum atomic E-state index is -0.996. The summed E-state index contributed by atoms with van der Waals surface area (Å²) in [6.07, 6.45) is 0.815. The van der Waals surface area contributed by atoms with Crippen molar-refractivity contribution in [1.82, 2.24) is 0 Å². The molecule has 26 heavy (non-hydrogen) atoms. The maximum absolute atomic E-state index is 11.9. The highest BCUT2D eigenvalue weighted by Gasteiger charge is 2.58. The SMILES string of the molecule is C=C1CC[C@@H]2[C@](C)(CO)[C@H](O)CC[C@@]2(C)[C@@H]1C[C@H](O)[C@H]1C(=O)OC[C@H]1O. The fourth-order valence-electron chi connectivity index (χ4n) is 5.96. The van der Waals surface area contributed by atoms with Gasteiger partial charge in [0.2, 0.25) is 0 Å². The minimum absolute atomic E-state index is 0.0322. The number of rotatable bonds is 4. The number of hydrogen-bond acceptors (Lipinski definition) is 6. The lowest BCUT2D eigenvalue weighted by atomic mass is 9.46. The maximum Gasteiger partial charge on any atom is 0.314 e. The van der Waals surface area contributed by atoms with Gasteiger partial charge in [0.05, 0.1) is 18.8 Å². The minimum Gasteiger partial charge on any atom is -0.463 e. The van der Waals surface area contributed by atoms with Crippen LogP contribution in [-0.2, 0) is 9.53 Å². The van der Waals surface area contributed by atoms with Crippen LogP contribution in [-0.4, -0.2) is 57.9 Å². The van der Waals surface area contributed by atoms with Gasteiger partial charge in [-0.1, -0.05) is 26.0 Å². The van der Waals surface area contributed by atoms with Crippen molar-refractivity contribution in [3.63, 3.8) is 0 Å². The van der Waals surface area contributed by atoms with Crippen LogP contribution in [0.4, 0.5) is 0 Å². The van der Waals surface area contributed by atoms with E-state index in [1.54, 1.807) is 0 Å². The summed E-state index contributed by atoms with van der Waals surface area (Å²) in [5.74, 6) is -1.39. The van der Waals surface area contributed by atoms with Crippen molar-refractivity contribution in [3.8, 4) is 0 Å². The number of aliphatic hydroxyl groups excluding tert-OH is 4. The Morgan fingerprint density at radius 2 is 2.00 bits per heavy atom. The molecular weight excluding hydrogens is 336 g/mol. The first kappa shape index (κ1) is 19.8. The third-order valence-corrected chi connectivity index (χ3v) is 7.67. The van der Waals surface area contributed by atoms with Crippen molar-refractivity contribution in [2.75, 3.05) is 13.2 Å². The number of carbonyl (C=O) groups excluding carboxylic acids is 1. The van der Waals surface area contributed by atoms with E-state index in [-0.39, 0.29) is 30.5 Å². The third kappa shape index (κ3) is 2.91. The van der Waals surface area contributed by atoms with Crippen LogP contribution in [0.15, 0.2) is 12.2 Å². The molecule has 0 aromatic rings. The fraction of sp³-hybridized carbons (Fsp3) is 0.850. The van der Waals surface area contributed by atoms with Crippen LogP contribution < -0.4 is 0 Å². The monoisotopic (exact) mass is 368 g/mol. The second-order valence-electron chi connectivity index (χ2n) is 9.05. The summed E-state index contributed by atoms with van der Waals surface area (Å²) in [6, 6.07) is 0. The predicted octanol–water partition coefficient (Wildman–Crippen LogP) is 1.01. The van der Waals surface area contributed by atoms with Crippen LogP contribution >= 0.6 is 0 Å². The summed E-state index contributed by atoms with van der Waals surface area (Å²) >= 11 is 0. The smallest absolute Gasteiger partial charge is 0.314 e. The molecule has 1 aliphatic heterocycles. The molecule has 2 saturated carbocycles. The molecule has 0 radical (unpaired) electrons. The molecule has 0 spiro atoms. The lowest BCUT2D eigenvalue weighted by Gasteiger charge is -2.60. The first-order valence-electron chi connectivity index (χ1n) is 9.64. The highest BCUT2D eigenvalue weighted by atomic mass is 16.6. The van der Waals surface area contributed by atoms with E-state index in [1.165, 1.54) is 0 Å². The second kappa shape index (κ2) is 6.89. The number of carbonyl (C=O) groups is 1. The van der Waals surface area contributed by atoms with Crippen LogP contribution in [0.1, 0.15) is 46.0 Å². The quantitative estimate of drug-likeness (QED) is 0.436. The Bertz CT molecular complexity index is 577.